The first-order valence-electron chi connectivity index (χ1n) is 12.1. The van der Waals surface area contributed by atoms with E-state index in [4.69, 9.17) is 10.1 Å². The molecule has 1 aromatic carbocycles. The molecule has 38 heavy (non-hydrogen) atoms. The molecule has 2 aromatic rings. The smallest absolute Gasteiger partial charge is 0.419 e. The lowest BCUT2D eigenvalue weighted by Gasteiger charge is -2.27. The summed E-state index contributed by atoms with van der Waals surface area (Å²) in [6.07, 6.45) is -4.53. The zero-order chi connectivity index (χ0) is 28.6. The lowest BCUT2D eigenvalue weighted by Crippen LogP contribution is -2.32. The van der Waals surface area contributed by atoms with Crippen molar-refractivity contribution in [2.24, 2.45) is 0 Å². The van der Waals surface area contributed by atoms with Gasteiger partial charge >= 0.3 is 12.1 Å². The van der Waals surface area contributed by atoms with Crippen LogP contribution in [0.3, 0.4) is 0 Å². The molecule has 0 saturated carbocycles. The van der Waals surface area contributed by atoms with E-state index >= 15 is 0 Å². The number of halogens is 3. The summed E-state index contributed by atoms with van der Waals surface area (Å²) in [4.78, 5) is 44.4. The molecule has 0 radical (unpaired) electrons. The molecule has 0 fully saturated rings. The molecule has 1 aromatic heterocycles. The maximum Gasteiger partial charge on any atom is 0.491 e. The zero-order valence-corrected chi connectivity index (χ0v) is 22.2. The van der Waals surface area contributed by atoms with Crippen LogP contribution in [0.4, 0.5) is 13.2 Å². The highest BCUT2D eigenvalue weighted by molar-refractivity contribution is 6.04. The second-order valence-corrected chi connectivity index (χ2v) is 10.3. The highest BCUT2D eigenvalue weighted by Crippen LogP contribution is 2.38. The molecule has 0 bridgehead atoms. The van der Waals surface area contributed by atoms with Crippen LogP contribution in [0.1, 0.15) is 73.1 Å². The Hall–Kier alpha value is -3.76. The number of nitrogens with zero attached hydrogens (tertiary/aromatic N) is 3. The van der Waals surface area contributed by atoms with E-state index in [0.717, 1.165) is 11.3 Å². The predicted octanol–water partition coefficient (Wildman–Crippen LogP) is 4.41. The molecule has 0 aliphatic carbocycles. The van der Waals surface area contributed by atoms with E-state index in [1.54, 1.807) is 25.7 Å². The number of carbonyl (C=O) groups excluding carboxylic acids is 3. The Morgan fingerprint density at radius 2 is 1.82 bits per heavy atom. The minimum atomic E-state index is -5.23. The van der Waals surface area contributed by atoms with Crippen molar-refractivity contribution >= 4 is 23.5 Å². The molecular formula is C27H31F3N4O4. The Kier molecular flexibility index (Phi) is 7.99. The molecule has 3 rings (SSSR count). The zero-order valence-electron chi connectivity index (χ0n) is 22.2. The summed E-state index contributed by atoms with van der Waals surface area (Å²) in [6.45, 7) is 8.36. The Labute approximate surface area is 219 Å². The van der Waals surface area contributed by atoms with Crippen molar-refractivity contribution in [3.8, 4) is 5.75 Å². The molecular weight excluding hydrogens is 501 g/mol. The monoisotopic (exact) mass is 532 g/mol. The molecule has 11 heteroatoms. The molecule has 0 unspecified atom stereocenters. The Morgan fingerprint density at radius 3 is 2.37 bits per heavy atom. The first-order valence-corrected chi connectivity index (χ1v) is 12.1. The number of hydrogen-bond donors (Lipinski definition) is 1. The van der Waals surface area contributed by atoms with Crippen molar-refractivity contribution in [1.82, 2.24) is 14.8 Å². The standard InChI is InChI=1S/C27H31F3N4O4/c1-7-19-9-8-16-13-34(24(31)22(16)32-19)14-21(36)17-10-18(12-33(6)15(2)35)23(20(11-17)26(3,4)5)38-25(37)27(28,29)30/h8-11,31H,7,12-14H2,1-6H3. The number of pyridine rings is 1. The van der Waals surface area contributed by atoms with Gasteiger partial charge in [0.05, 0.1) is 6.54 Å². The van der Waals surface area contributed by atoms with E-state index in [1.165, 1.54) is 31.0 Å². The molecule has 0 spiro atoms. The summed E-state index contributed by atoms with van der Waals surface area (Å²) >= 11 is 0. The first kappa shape index (κ1) is 28.8. The van der Waals surface area contributed by atoms with Gasteiger partial charge < -0.3 is 14.5 Å². The van der Waals surface area contributed by atoms with E-state index < -0.39 is 17.6 Å². The van der Waals surface area contributed by atoms with E-state index in [9.17, 15) is 27.6 Å². The summed E-state index contributed by atoms with van der Waals surface area (Å²) < 4.78 is 44.1. The third-order valence-corrected chi connectivity index (χ3v) is 6.30. The Bertz CT molecular complexity index is 1300. The number of aromatic nitrogens is 1. The number of esters is 1. The summed E-state index contributed by atoms with van der Waals surface area (Å²) in [5.74, 6) is -3.36. The van der Waals surface area contributed by atoms with Crippen molar-refractivity contribution in [3.05, 3.63) is 57.9 Å². The number of benzene rings is 1. The number of amides is 1. The van der Waals surface area contributed by atoms with Crippen molar-refractivity contribution < 1.29 is 32.3 Å². The number of rotatable bonds is 7. The molecule has 1 amide bonds. The fourth-order valence-corrected chi connectivity index (χ4v) is 4.05. The lowest BCUT2D eigenvalue weighted by atomic mass is 9.83. The lowest BCUT2D eigenvalue weighted by molar-refractivity contribution is -0.189. The van der Waals surface area contributed by atoms with Crippen LogP contribution in [0, 0.1) is 5.41 Å². The van der Waals surface area contributed by atoms with Crippen molar-refractivity contribution in [3.63, 3.8) is 0 Å². The van der Waals surface area contributed by atoms with Crippen LogP contribution < -0.4 is 4.74 Å². The average molecular weight is 533 g/mol. The molecule has 0 atom stereocenters. The first-order chi connectivity index (χ1) is 17.5. The van der Waals surface area contributed by atoms with Crippen LogP contribution in [-0.4, -0.2) is 58.0 Å². The number of ketones is 1. The van der Waals surface area contributed by atoms with Gasteiger partial charge in [-0.2, -0.15) is 13.2 Å². The minimum Gasteiger partial charge on any atom is -0.419 e. The highest BCUT2D eigenvalue weighted by Gasteiger charge is 2.42. The number of hydrogen-bond acceptors (Lipinski definition) is 6. The molecule has 1 aliphatic rings. The van der Waals surface area contributed by atoms with Gasteiger partial charge in [-0.1, -0.05) is 33.8 Å². The van der Waals surface area contributed by atoms with Crippen LogP contribution in [0.15, 0.2) is 24.3 Å². The number of fused-ring (bicyclic) bond motifs is 1. The van der Waals surface area contributed by atoms with Crippen LogP contribution in [0.5, 0.6) is 5.75 Å². The fraction of sp³-hybridized carbons (Fsp3) is 0.444. The number of amidine groups is 1. The number of nitrogens with one attached hydrogen (secondary N) is 1. The Balaban J connectivity index is 2.02. The molecule has 0 saturated heterocycles. The molecule has 2 heterocycles. The van der Waals surface area contributed by atoms with Crippen LogP contribution >= 0.6 is 0 Å². The molecule has 1 aliphatic heterocycles. The number of alkyl halides is 3. The molecule has 204 valence electrons. The van der Waals surface area contributed by atoms with Gasteiger partial charge in [0.25, 0.3) is 0 Å². The second-order valence-electron chi connectivity index (χ2n) is 10.3. The minimum absolute atomic E-state index is 0.0881. The van der Waals surface area contributed by atoms with Crippen molar-refractivity contribution in [2.45, 2.75) is 65.7 Å². The number of carbonyl (C=O) groups is 3. The maximum atomic E-state index is 13.4. The van der Waals surface area contributed by atoms with Gasteiger partial charge in [0.2, 0.25) is 5.91 Å². The molecule has 8 nitrogen and oxygen atoms in total. The van der Waals surface area contributed by atoms with E-state index in [-0.39, 0.29) is 53.1 Å². The quantitative estimate of drug-likeness (QED) is 0.322. The fourth-order valence-electron chi connectivity index (χ4n) is 4.05. The molecule has 1 N–H and O–H groups in total. The summed E-state index contributed by atoms with van der Waals surface area (Å²) in [6, 6.07) is 6.53. The average Bonchev–Trinajstić information content (AvgIpc) is 3.12. The number of aryl methyl sites for hydroxylation is 1. The largest absolute Gasteiger partial charge is 0.491 e. The number of ether oxygens (including phenoxy) is 1. The van der Waals surface area contributed by atoms with E-state index in [2.05, 4.69) is 4.98 Å². The summed E-state index contributed by atoms with van der Waals surface area (Å²) in [5, 5.41) is 8.51. The van der Waals surface area contributed by atoms with Crippen LogP contribution in [0.25, 0.3) is 0 Å². The van der Waals surface area contributed by atoms with E-state index in [0.29, 0.717) is 18.7 Å². The van der Waals surface area contributed by atoms with Gasteiger partial charge in [-0.15, -0.1) is 0 Å². The van der Waals surface area contributed by atoms with E-state index in [1.807, 2.05) is 19.1 Å². The number of Topliss-reactive ketones (excluding diaryl/α,β-unsaturated/α-hetero) is 1. The van der Waals surface area contributed by atoms with Gasteiger partial charge in [0, 0.05) is 55.0 Å². The van der Waals surface area contributed by atoms with Crippen molar-refractivity contribution in [2.75, 3.05) is 13.6 Å². The van der Waals surface area contributed by atoms with Crippen LogP contribution in [0.2, 0.25) is 0 Å². The SMILES string of the molecule is CCc1ccc2c(n1)C(=N)N(CC(=O)c1cc(CN(C)C(C)=O)c(OC(=O)C(F)(F)F)c(C(C)(C)C)c1)C2. The van der Waals surface area contributed by atoms with Gasteiger partial charge in [-0.3, -0.25) is 15.0 Å². The summed E-state index contributed by atoms with van der Waals surface area (Å²) in [5.41, 5.74) is 1.82. The third-order valence-electron chi connectivity index (χ3n) is 6.30. The van der Waals surface area contributed by atoms with Crippen LogP contribution in [-0.2, 0) is 34.5 Å². The highest BCUT2D eigenvalue weighted by atomic mass is 19.4. The third kappa shape index (κ3) is 6.20. The van der Waals surface area contributed by atoms with Gasteiger partial charge in [-0.25, -0.2) is 9.78 Å². The second kappa shape index (κ2) is 10.5. The topological polar surface area (TPSA) is 104 Å². The van der Waals surface area contributed by atoms with Gasteiger partial charge in [0.1, 0.15) is 17.3 Å². The van der Waals surface area contributed by atoms with Gasteiger partial charge in [-0.05, 0) is 30.0 Å². The normalized spacial score (nSPS) is 13.4. The predicted molar refractivity (Wildman–Crippen MR) is 134 cm³/mol. The van der Waals surface area contributed by atoms with Gasteiger partial charge in [0.15, 0.2) is 5.78 Å². The van der Waals surface area contributed by atoms with Crippen molar-refractivity contribution in [1.29, 1.82) is 5.41 Å². The summed E-state index contributed by atoms with van der Waals surface area (Å²) in [7, 11) is 1.45. The maximum absolute atomic E-state index is 13.4. The Morgan fingerprint density at radius 1 is 1.16 bits per heavy atom.